The predicted octanol–water partition coefficient (Wildman–Crippen LogP) is 6.26. The molecule has 0 aliphatic heterocycles. The van der Waals surface area contributed by atoms with E-state index in [1.165, 1.54) is 0 Å². The number of benzene rings is 3. The average Bonchev–Trinajstić information content (AvgIpc) is 2.70. The van der Waals surface area contributed by atoms with Gasteiger partial charge in [-0.2, -0.15) is 0 Å². The summed E-state index contributed by atoms with van der Waals surface area (Å²) >= 11 is 0. The average molecular weight is 599 g/mol. The molecule has 4 heteroatoms. The fraction of sp³-hybridized carbons (Fsp3) is 0.321. The Hall–Kier alpha value is 0.363. The van der Waals surface area contributed by atoms with E-state index in [2.05, 4.69) is 63.7 Å². The molecule has 0 N–H and O–H groups in total. The van der Waals surface area contributed by atoms with Gasteiger partial charge >= 0.3 is 68.9 Å². The van der Waals surface area contributed by atoms with Gasteiger partial charge in [0.1, 0.15) is 0 Å². The molecule has 0 radical (unpaired) electrons. The van der Waals surface area contributed by atoms with Crippen molar-refractivity contribution < 1.29 is 68.9 Å². The Balaban J connectivity index is 0. The standard InChI is InChI=1S/C10H27Si3.3C6H6.Cs/c1-11(2,3)10(12(4,5)6)13(7,8)9;3*1-2-4-6-5-3-1;/h1-9H3;3*1-6H;/q-1;;;;+1. The van der Waals surface area contributed by atoms with Gasteiger partial charge in [-0.05, 0) is 0 Å². The van der Waals surface area contributed by atoms with E-state index in [0.717, 1.165) is 0 Å². The molecule has 0 fully saturated rings. The minimum atomic E-state index is -1.02. The van der Waals surface area contributed by atoms with Gasteiger partial charge in [-0.15, -0.1) is 24.2 Å². The van der Waals surface area contributed by atoms with Crippen molar-refractivity contribution in [2.24, 2.45) is 0 Å². The molecule has 0 spiro atoms. The molecule has 3 aromatic rings. The molecule has 0 aromatic heterocycles. The van der Waals surface area contributed by atoms with E-state index >= 15 is 0 Å². The molecule has 0 aliphatic carbocycles. The van der Waals surface area contributed by atoms with Gasteiger partial charge in [-0.3, -0.25) is 0 Å². The van der Waals surface area contributed by atoms with E-state index in [1.807, 2.05) is 109 Å². The Morgan fingerprint density at radius 2 is 0.375 bits per heavy atom. The summed E-state index contributed by atoms with van der Waals surface area (Å²) in [5.41, 5.74) is 0. The molecule has 0 saturated heterocycles. The largest absolute Gasteiger partial charge is 1.00 e. The minimum absolute atomic E-state index is 0. The summed E-state index contributed by atoms with van der Waals surface area (Å²) < 4.78 is 0. The second-order valence-corrected chi connectivity index (χ2v) is 27.1. The maximum atomic E-state index is 2.53. The Morgan fingerprint density at radius 1 is 0.281 bits per heavy atom. The summed E-state index contributed by atoms with van der Waals surface area (Å²) in [7, 11) is -3.05. The molecule has 0 aliphatic rings. The van der Waals surface area contributed by atoms with Crippen LogP contribution in [0.15, 0.2) is 109 Å². The summed E-state index contributed by atoms with van der Waals surface area (Å²) in [4.78, 5) is 2.06. The fourth-order valence-electron chi connectivity index (χ4n) is 4.53. The summed E-state index contributed by atoms with van der Waals surface area (Å²) in [5, 5.41) is 0. The summed E-state index contributed by atoms with van der Waals surface area (Å²) in [6.07, 6.45) is 0. The Labute approximate surface area is 262 Å². The van der Waals surface area contributed by atoms with Crippen LogP contribution in [0.4, 0.5) is 0 Å². The molecule has 0 amide bonds. The van der Waals surface area contributed by atoms with E-state index in [1.54, 1.807) is 0 Å². The van der Waals surface area contributed by atoms with Crippen LogP contribution in [-0.2, 0) is 0 Å². The van der Waals surface area contributed by atoms with Crippen LogP contribution < -0.4 is 68.9 Å². The molecule has 170 valence electrons. The molecule has 0 atom stereocenters. The number of hydrogen-bond donors (Lipinski definition) is 0. The predicted molar refractivity (Wildman–Crippen MR) is 153 cm³/mol. The minimum Gasteiger partial charge on any atom is -0.311 e. The first kappa shape index (κ1) is 34.5. The van der Waals surface area contributed by atoms with Gasteiger partial charge in [0, 0.05) is 0 Å². The van der Waals surface area contributed by atoms with Crippen LogP contribution in [0.1, 0.15) is 0 Å². The number of hydrogen-bond acceptors (Lipinski definition) is 0. The maximum Gasteiger partial charge on any atom is 1.00 e. The third kappa shape index (κ3) is 19.8. The zero-order valence-corrected chi connectivity index (χ0v) is 31.7. The van der Waals surface area contributed by atoms with Crippen LogP contribution >= 0.6 is 0 Å². The van der Waals surface area contributed by atoms with Gasteiger partial charge in [0.25, 0.3) is 0 Å². The Bertz CT molecular complexity index is 556. The SMILES string of the molecule is C[Si](C)(C)[C-]([Si](C)(C)C)[Si](C)(C)C.[Cs+].c1ccccc1.c1ccccc1.c1ccccc1. The van der Waals surface area contributed by atoms with E-state index in [0.29, 0.717) is 0 Å². The van der Waals surface area contributed by atoms with Gasteiger partial charge in [0.05, 0.1) is 0 Å². The third-order valence-electron chi connectivity index (χ3n) is 4.25. The molecule has 0 nitrogen and oxygen atoms in total. The fourth-order valence-corrected chi connectivity index (χ4v) is 31.5. The van der Waals surface area contributed by atoms with Crippen LogP contribution in [0.5, 0.6) is 0 Å². The first-order valence-electron chi connectivity index (χ1n) is 11.3. The second kappa shape index (κ2) is 18.7. The van der Waals surface area contributed by atoms with Gasteiger partial charge in [0.2, 0.25) is 0 Å². The van der Waals surface area contributed by atoms with Crippen molar-refractivity contribution in [3.63, 3.8) is 0 Å². The first-order valence-corrected chi connectivity index (χ1v) is 21.7. The van der Waals surface area contributed by atoms with Gasteiger partial charge in [-0.25, -0.2) is 0 Å². The van der Waals surface area contributed by atoms with Crippen LogP contribution in [0.3, 0.4) is 0 Å². The van der Waals surface area contributed by atoms with Crippen molar-refractivity contribution >= 4 is 24.2 Å². The zero-order valence-electron chi connectivity index (χ0n) is 22.4. The van der Waals surface area contributed by atoms with Crippen molar-refractivity contribution in [1.29, 1.82) is 0 Å². The normalized spacial score (nSPS) is 10.7. The molecule has 0 bridgehead atoms. The first-order chi connectivity index (χ1) is 14.4. The molecule has 3 rings (SSSR count). The molecule has 32 heavy (non-hydrogen) atoms. The van der Waals surface area contributed by atoms with E-state index < -0.39 is 24.2 Å². The second-order valence-electron chi connectivity index (χ2n) is 10.6. The van der Waals surface area contributed by atoms with Crippen LogP contribution in [0.2, 0.25) is 58.9 Å². The van der Waals surface area contributed by atoms with Gasteiger partial charge < -0.3 is 4.79 Å². The molecule has 0 unspecified atom stereocenters. The zero-order chi connectivity index (χ0) is 23.8. The van der Waals surface area contributed by atoms with E-state index in [-0.39, 0.29) is 68.9 Å². The maximum absolute atomic E-state index is 2.53. The molecular formula is C28H45CsSi3. The smallest absolute Gasteiger partial charge is 0.311 e. The van der Waals surface area contributed by atoms with E-state index in [4.69, 9.17) is 0 Å². The van der Waals surface area contributed by atoms with Crippen molar-refractivity contribution in [1.82, 2.24) is 0 Å². The van der Waals surface area contributed by atoms with E-state index in [9.17, 15) is 0 Å². The molecule has 0 saturated carbocycles. The molecule has 0 heterocycles. The van der Waals surface area contributed by atoms with Crippen molar-refractivity contribution in [2.75, 3.05) is 0 Å². The number of rotatable bonds is 3. The summed E-state index contributed by atoms with van der Waals surface area (Å²) in [6.45, 7) is 22.7. The van der Waals surface area contributed by atoms with Crippen LogP contribution in [0.25, 0.3) is 0 Å². The van der Waals surface area contributed by atoms with Crippen molar-refractivity contribution in [2.45, 2.75) is 58.9 Å². The summed E-state index contributed by atoms with van der Waals surface area (Å²) in [5.74, 6) is 0. The van der Waals surface area contributed by atoms with Crippen molar-refractivity contribution in [3.8, 4) is 0 Å². The van der Waals surface area contributed by atoms with Gasteiger partial charge in [-0.1, -0.05) is 168 Å². The Morgan fingerprint density at radius 3 is 0.406 bits per heavy atom. The van der Waals surface area contributed by atoms with Crippen LogP contribution in [0, 0.1) is 4.79 Å². The topological polar surface area (TPSA) is 0 Å². The van der Waals surface area contributed by atoms with Crippen LogP contribution in [-0.4, -0.2) is 24.2 Å². The third-order valence-corrected chi connectivity index (χ3v) is 22.2. The van der Waals surface area contributed by atoms with Gasteiger partial charge in [0.15, 0.2) is 0 Å². The molecular weight excluding hydrogens is 553 g/mol. The Kier molecular flexibility index (Phi) is 20.1. The van der Waals surface area contributed by atoms with Crippen molar-refractivity contribution in [3.05, 3.63) is 114 Å². The summed E-state index contributed by atoms with van der Waals surface area (Å²) in [6, 6.07) is 36.0. The quantitative estimate of drug-likeness (QED) is 0.247. The molecule has 3 aromatic carbocycles. The monoisotopic (exact) mass is 598 g/mol.